The molecule has 0 unspecified atom stereocenters. The van der Waals surface area contributed by atoms with Crippen molar-refractivity contribution in [1.82, 2.24) is 4.90 Å². The number of hydrogen-bond donors (Lipinski definition) is 1. The SMILES string of the molecule is COc1ccc(/C=N/N=C2\S/C(=C\c3cc(Br)ccc3O)C(=O)N2Cc2ccco2)cc1OC. The van der Waals surface area contributed by atoms with Gasteiger partial charge in [0.15, 0.2) is 16.7 Å². The van der Waals surface area contributed by atoms with Crippen molar-refractivity contribution in [3.63, 3.8) is 0 Å². The minimum absolute atomic E-state index is 0.0681. The first kappa shape index (κ1) is 23.7. The third-order valence-corrected chi connectivity index (χ3v) is 6.31. The number of halogens is 1. The van der Waals surface area contributed by atoms with Gasteiger partial charge in [0, 0.05) is 10.0 Å². The number of rotatable bonds is 7. The number of ether oxygens (including phenoxy) is 2. The highest BCUT2D eigenvalue weighted by molar-refractivity contribution is 9.10. The molecule has 0 atom stereocenters. The predicted octanol–water partition coefficient (Wildman–Crippen LogP) is 5.27. The molecule has 1 N–H and O–H groups in total. The summed E-state index contributed by atoms with van der Waals surface area (Å²) >= 11 is 4.55. The molecule has 0 bridgehead atoms. The minimum Gasteiger partial charge on any atom is -0.507 e. The Morgan fingerprint density at radius 1 is 1.15 bits per heavy atom. The number of nitrogens with zero attached hydrogens (tertiary/aromatic N) is 3. The molecule has 1 saturated heterocycles. The molecule has 0 aliphatic carbocycles. The van der Waals surface area contributed by atoms with E-state index in [1.165, 1.54) is 16.7 Å². The van der Waals surface area contributed by atoms with Crippen molar-refractivity contribution in [1.29, 1.82) is 0 Å². The lowest BCUT2D eigenvalue weighted by Gasteiger charge is -2.12. The van der Waals surface area contributed by atoms with E-state index in [0.29, 0.717) is 32.9 Å². The number of phenolic OH excluding ortho intramolecular Hbond substituents is 1. The molecular formula is C24H20BrN3O5S. The monoisotopic (exact) mass is 541 g/mol. The second kappa shape index (κ2) is 10.6. The summed E-state index contributed by atoms with van der Waals surface area (Å²) in [6.45, 7) is 0.200. The zero-order chi connectivity index (χ0) is 24.1. The Balaban J connectivity index is 1.64. The molecule has 34 heavy (non-hydrogen) atoms. The molecule has 10 heteroatoms. The standard InChI is InChI=1S/C24H20BrN3O5S/c1-31-20-8-5-15(10-21(20)32-2)13-26-27-24-28(14-18-4-3-9-33-18)23(30)22(34-24)12-16-11-17(25)6-7-19(16)29/h3-13,29H,14H2,1-2H3/b22-12-,26-13+,27-24-. The molecule has 3 aromatic rings. The average Bonchev–Trinajstić information content (AvgIpc) is 3.45. The highest BCUT2D eigenvalue weighted by atomic mass is 79.9. The molecular weight excluding hydrogens is 522 g/mol. The molecule has 2 aromatic carbocycles. The van der Waals surface area contributed by atoms with Crippen molar-refractivity contribution in [2.75, 3.05) is 14.2 Å². The summed E-state index contributed by atoms with van der Waals surface area (Å²) in [7, 11) is 3.13. The summed E-state index contributed by atoms with van der Waals surface area (Å²) in [6.07, 6.45) is 4.74. The van der Waals surface area contributed by atoms with Crippen LogP contribution in [0.15, 0.2) is 78.8 Å². The van der Waals surface area contributed by atoms with Gasteiger partial charge in [-0.25, -0.2) is 0 Å². The van der Waals surface area contributed by atoms with Crippen LogP contribution in [0.1, 0.15) is 16.9 Å². The van der Waals surface area contributed by atoms with Crippen LogP contribution in [0.5, 0.6) is 17.2 Å². The highest BCUT2D eigenvalue weighted by Crippen LogP contribution is 2.36. The van der Waals surface area contributed by atoms with Gasteiger partial charge < -0.3 is 19.0 Å². The third kappa shape index (κ3) is 5.35. The van der Waals surface area contributed by atoms with Crippen LogP contribution in [-0.2, 0) is 11.3 Å². The lowest BCUT2D eigenvalue weighted by Crippen LogP contribution is -2.28. The third-order valence-electron chi connectivity index (χ3n) is 4.82. The highest BCUT2D eigenvalue weighted by Gasteiger charge is 2.34. The Morgan fingerprint density at radius 3 is 2.71 bits per heavy atom. The van der Waals surface area contributed by atoms with Crippen molar-refractivity contribution in [3.05, 3.63) is 81.1 Å². The zero-order valence-corrected chi connectivity index (χ0v) is 20.7. The lowest BCUT2D eigenvalue weighted by molar-refractivity contribution is -0.122. The lowest BCUT2D eigenvalue weighted by atomic mass is 10.2. The van der Waals surface area contributed by atoms with E-state index in [1.807, 2.05) is 6.07 Å². The van der Waals surface area contributed by atoms with Gasteiger partial charge in [-0.05, 0) is 71.9 Å². The van der Waals surface area contributed by atoms with Gasteiger partial charge in [-0.2, -0.15) is 5.10 Å². The number of amidine groups is 1. The van der Waals surface area contributed by atoms with Gasteiger partial charge in [0.25, 0.3) is 5.91 Å². The van der Waals surface area contributed by atoms with Crippen molar-refractivity contribution < 1.29 is 23.8 Å². The molecule has 1 amide bonds. The van der Waals surface area contributed by atoms with Gasteiger partial charge in [0.05, 0.1) is 38.1 Å². The first-order valence-corrected chi connectivity index (χ1v) is 11.6. The van der Waals surface area contributed by atoms with E-state index in [4.69, 9.17) is 13.9 Å². The molecule has 1 aliphatic rings. The van der Waals surface area contributed by atoms with E-state index in [-0.39, 0.29) is 18.2 Å². The number of aromatic hydroxyl groups is 1. The number of thioether (sulfide) groups is 1. The number of amides is 1. The Labute approximate surface area is 208 Å². The van der Waals surface area contributed by atoms with Gasteiger partial charge in [0.1, 0.15) is 11.5 Å². The molecule has 1 aromatic heterocycles. The summed E-state index contributed by atoms with van der Waals surface area (Å²) in [6, 6.07) is 13.9. The second-order valence-corrected chi connectivity index (χ2v) is 8.95. The first-order chi connectivity index (χ1) is 16.5. The van der Waals surface area contributed by atoms with E-state index in [1.54, 1.807) is 75.2 Å². The van der Waals surface area contributed by atoms with Gasteiger partial charge in [-0.3, -0.25) is 9.69 Å². The Kier molecular flexibility index (Phi) is 7.39. The smallest absolute Gasteiger partial charge is 0.267 e. The number of carbonyl (C=O) groups excluding carboxylic acids is 1. The van der Waals surface area contributed by atoms with Crippen LogP contribution in [0.2, 0.25) is 0 Å². The molecule has 0 radical (unpaired) electrons. The maximum absolute atomic E-state index is 13.2. The predicted molar refractivity (Wildman–Crippen MR) is 135 cm³/mol. The zero-order valence-electron chi connectivity index (χ0n) is 18.3. The molecule has 4 rings (SSSR count). The van der Waals surface area contributed by atoms with Crippen LogP contribution < -0.4 is 9.47 Å². The molecule has 0 spiro atoms. The number of furan rings is 1. The minimum atomic E-state index is -0.263. The van der Waals surface area contributed by atoms with E-state index in [0.717, 1.165) is 10.0 Å². The van der Waals surface area contributed by atoms with E-state index >= 15 is 0 Å². The first-order valence-electron chi connectivity index (χ1n) is 10.0. The summed E-state index contributed by atoms with van der Waals surface area (Å²) in [4.78, 5) is 15.1. The maximum atomic E-state index is 13.2. The van der Waals surface area contributed by atoms with Crippen LogP contribution in [0.25, 0.3) is 6.08 Å². The van der Waals surface area contributed by atoms with Crippen LogP contribution in [0.4, 0.5) is 0 Å². The van der Waals surface area contributed by atoms with Gasteiger partial charge >= 0.3 is 0 Å². The van der Waals surface area contributed by atoms with Crippen LogP contribution in [-0.4, -0.2) is 41.5 Å². The summed E-state index contributed by atoms with van der Waals surface area (Å²) in [5.74, 6) is 1.59. The van der Waals surface area contributed by atoms with E-state index in [9.17, 15) is 9.90 Å². The second-order valence-electron chi connectivity index (χ2n) is 7.03. The largest absolute Gasteiger partial charge is 0.507 e. The van der Waals surface area contributed by atoms with Crippen molar-refractivity contribution in [3.8, 4) is 17.2 Å². The van der Waals surface area contributed by atoms with Gasteiger partial charge in [-0.15, -0.1) is 5.10 Å². The fourth-order valence-corrected chi connectivity index (χ4v) is 4.45. The average molecular weight is 542 g/mol. The Bertz CT molecular complexity index is 1290. The summed E-state index contributed by atoms with van der Waals surface area (Å²) < 4.78 is 16.8. The summed E-state index contributed by atoms with van der Waals surface area (Å²) in [5.41, 5.74) is 1.27. The number of phenols is 1. The summed E-state index contributed by atoms with van der Waals surface area (Å²) in [5, 5.41) is 19.0. The molecule has 1 aliphatic heterocycles. The fourth-order valence-electron chi connectivity index (χ4n) is 3.14. The molecule has 2 heterocycles. The van der Waals surface area contributed by atoms with E-state index < -0.39 is 0 Å². The van der Waals surface area contributed by atoms with Gasteiger partial charge in [-0.1, -0.05) is 15.9 Å². The Morgan fingerprint density at radius 2 is 1.97 bits per heavy atom. The van der Waals surface area contributed by atoms with Crippen molar-refractivity contribution in [2.24, 2.45) is 10.2 Å². The number of carbonyl (C=O) groups is 1. The molecule has 0 saturated carbocycles. The van der Waals surface area contributed by atoms with Crippen LogP contribution in [0.3, 0.4) is 0 Å². The number of benzene rings is 2. The topological polar surface area (TPSA) is 96.9 Å². The van der Waals surface area contributed by atoms with Crippen LogP contribution >= 0.6 is 27.7 Å². The number of methoxy groups -OCH3 is 2. The van der Waals surface area contributed by atoms with Crippen molar-refractivity contribution in [2.45, 2.75) is 6.54 Å². The fraction of sp³-hybridized carbons (Fsp3) is 0.125. The quantitative estimate of drug-likeness (QED) is 0.248. The van der Waals surface area contributed by atoms with Crippen molar-refractivity contribution >= 4 is 51.1 Å². The van der Waals surface area contributed by atoms with Gasteiger partial charge in [0.2, 0.25) is 0 Å². The molecule has 1 fully saturated rings. The maximum Gasteiger partial charge on any atom is 0.267 e. The molecule has 8 nitrogen and oxygen atoms in total. The van der Waals surface area contributed by atoms with E-state index in [2.05, 4.69) is 26.1 Å². The van der Waals surface area contributed by atoms with Crippen LogP contribution in [0, 0.1) is 0 Å². The normalized spacial score (nSPS) is 16.2. The Hall–Kier alpha value is -3.50. The molecule has 174 valence electrons. The number of hydrogen-bond acceptors (Lipinski definition) is 8.